The van der Waals surface area contributed by atoms with E-state index in [2.05, 4.69) is 42.7 Å². The van der Waals surface area contributed by atoms with Crippen LogP contribution >= 0.6 is 0 Å². The summed E-state index contributed by atoms with van der Waals surface area (Å²) in [4.78, 5) is 82.8. The van der Waals surface area contributed by atoms with Crippen LogP contribution in [-0.4, -0.2) is 103 Å². The van der Waals surface area contributed by atoms with Crippen molar-refractivity contribution in [3.63, 3.8) is 0 Å². The molecular weight excluding hydrogens is 833 g/mol. The summed E-state index contributed by atoms with van der Waals surface area (Å²) in [5, 5.41) is 5.50. The van der Waals surface area contributed by atoms with E-state index in [1.807, 2.05) is 61.8 Å². The number of H-pyrrole nitrogens is 2. The average Bonchev–Trinajstić information content (AvgIpc) is 4.18. The SMILES string of the molecule is COC(=O)N[C@H](C(=O)N1C[C@@H]2CC[C@@]1(c1ncc(-c3ccc(-c4ccc(-c5cnc([C@@]67C=C[C@@H](CC6)CN7C(=O)[C@@H](NC(=O)OC)C(C)C)[nH]5)c5ocnc45)c4ncoc34)[nH]1)C2)C(C)C. The first-order valence-corrected chi connectivity index (χ1v) is 22.2. The minimum atomic E-state index is -0.835. The number of hydrogen-bond acceptors (Lipinski definition) is 12. The fourth-order valence-electron chi connectivity index (χ4n) is 10.7. The van der Waals surface area contributed by atoms with Crippen molar-refractivity contribution in [1.82, 2.24) is 50.3 Å². The Morgan fingerprint density at radius 3 is 1.77 bits per heavy atom. The molecule has 338 valence electrons. The summed E-state index contributed by atoms with van der Waals surface area (Å²) >= 11 is 0. The van der Waals surface area contributed by atoms with Crippen LogP contribution in [0, 0.1) is 23.7 Å². The normalized spacial score (nSPS) is 23.2. The first kappa shape index (κ1) is 42.0. The highest BCUT2D eigenvalue weighted by molar-refractivity contribution is 6.06. The molecule has 6 aromatic rings. The number of likely N-dealkylation sites (tertiary alicyclic amines) is 1. The number of aromatic nitrogens is 6. The van der Waals surface area contributed by atoms with Gasteiger partial charge in [0.2, 0.25) is 11.8 Å². The summed E-state index contributed by atoms with van der Waals surface area (Å²) in [7, 11) is 2.58. The van der Waals surface area contributed by atoms with Gasteiger partial charge in [0, 0.05) is 35.3 Å². The predicted molar refractivity (Wildman–Crippen MR) is 236 cm³/mol. The van der Waals surface area contributed by atoms with Crippen LogP contribution in [0.1, 0.15) is 71.4 Å². The summed E-state index contributed by atoms with van der Waals surface area (Å²) in [6, 6.07) is 6.36. The number of nitrogens with zero attached hydrogens (tertiary/aromatic N) is 6. The summed E-state index contributed by atoms with van der Waals surface area (Å²) in [6.45, 7) is 8.70. The molecule has 11 rings (SSSR count). The Hall–Kier alpha value is -6.98. The van der Waals surface area contributed by atoms with Crippen molar-refractivity contribution in [3.05, 3.63) is 73.2 Å². The number of carbonyl (C=O) groups excluding carboxylic acids is 4. The number of methoxy groups -OCH3 is 2. The molecule has 2 saturated heterocycles. The third-order valence-corrected chi connectivity index (χ3v) is 14.1. The highest BCUT2D eigenvalue weighted by atomic mass is 16.5. The monoisotopic (exact) mass is 884 g/mol. The second-order valence-corrected chi connectivity index (χ2v) is 18.5. The Kier molecular flexibility index (Phi) is 10.3. The highest BCUT2D eigenvalue weighted by Crippen LogP contribution is 2.53. The molecule has 18 heteroatoms. The molecule has 0 spiro atoms. The molecule has 2 aliphatic carbocycles. The number of fused-ring (bicyclic) bond motifs is 6. The van der Waals surface area contributed by atoms with Gasteiger partial charge in [0.05, 0.1) is 38.0 Å². The van der Waals surface area contributed by atoms with Crippen LogP contribution in [0.5, 0.6) is 0 Å². The summed E-state index contributed by atoms with van der Waals surface area (Å²) in [5.74, 6) is 1.19. The number of piperidine rings is 2. The predicted octanol–water partition coefficient (Wildman–Crippen LogP) is 7.02. The molecule has 65 heavy (non-hydrogen) atoms. The van der Waals surface area contributed by atoms with Crippen molar-refractivity contribution in [2.24, 2.45) is 23.7 Å². The molecule has 5 aliphatic rings. The molecule has 4 N–H and O–H groups in total. The number of nitrogens with one attached hydrogen (secondary N) is 4. The second-order valence-electron chi connectivity index (χ2n) is 18.5. The molecule has 6 atom stereocenters. The van der Waals surface area contributed by atoms with Gasteiger partial charge in [0.1, 0.15) is 45.8 Å². The third kappa shape index (κ3) is 6.74. The number of carbonyl (C=O) groups is 4. The lowest BCUT2D eigenvalue weighted by Gasteiger charge is -2.51. The Morgan fingerprint density at radius 1 is 0.708 bits per heavy atom. The van der Waals surface area contributed by atoms with E-state index in [1.54, 1.807) is 12.4 Å². The molecular formula is C47H52N10O8. The lowest BCUT2D eigenvalue weighted by Crippen LogP contribution is -2.62. The molecule has 18 nitrogen and oxygen atoms in total. The molecule has 2 aromatic carbocycles. The fraction of sp³-hybridized carbons (Fsp3) is 0.447. The Morgan fingerprint density at radius 2 is 1.25 bits per heavy atom. The van der Waals surface area contributed by atoms with Gasteiger partial charge in [-0.3, -0.25) is 9.59 Å². The maximum absolute atomic E-state index is 14.2. The zero-order valence-electron chi connectivity index (χ0n) is 37.1. The van der Waals surface area contributed by atoms with Crippen LogP contribution in [-0.2, 0) is 30.1 Å². The zero-order chi connectivity index (χ0) is 45.4. The number of aromatic amines is 2. The Labute approximate surface area is 373 Å². The van der Waals surface area contributed by atoms with Crippen LogP contribution in [0.4, 0.5) is 9.59 Å². The van der Waals surface area contributed by atoms with Crippen LogP contribution in [0.2, 0.25) is 0 Å². The molecule has 1 saturated carbocycles. The maximum Gasteiger partial charge on any atom is 0.407 e. The number of benzene rings is 2. The summed E-state index contributed by atoms with van der Waals surface area (Å²) < 4.78 is 21.9. The quantitative estimate of drug-likeness (QED) is 0.0963. The third-order valence-electron chi connectivity index (χ3n) is 14.1. The molecule has 0 radical (unpaired) electrons. The standard InChI is InChI=1S/C47H52N10O8/c1-24(2)34(54-44(60)62-5)40(58)56-20-26-11-14-46(56,15-12-26)42-48-18-32(52-42)30-9-7-28(36-38(30)64-22-50-36)29-8-10-31(39-37(29)51-23-65-39)33-19-49-43(53-33)47-16-13-27(17-47)21-57(47)41(59)35(25(3)4)55-45(61)63-6/h7-11,14,18-19,22-27,34-35H,12-13,15-17,20-21H2,1-6H3,(H,48,52)(H,49,53)(H,54,60)(H,55,61)/t26-,27+,34-,35-,46+,47-/m0/s1. The maximum atomic E-state index is 14.2. The number of alkyl carbamates (subject to hydrolysis) is 2. The van der Waals surface area contributed by atoms with Gasteiger partial charge in [-0.1, -0.05) is 52.0 Å². The first-order chi connectivity index (χ1) is 31.3. The first-order valence-electron chi connectivity index (χ1n) is 22.2. The lowest BCUT2D eigenvalue weighted by atomic mass is 9.74. The van der Waals surface area contributed by atoms with Crippen molar-refractivity contribution in [2.45, 2.75) is 83.0 Å². The molecule has 3 aliphatic heterocycles. The topological polar surface area (TPSA) is 227 Å². The van der Waals surface area contributed by atoms with Crippen LogP contribution < -0.4 is 10.6 Å². The number of hydrogen-bond donors (Lipinski definition) is 4. The number of oxazole rings is 2. The smallest absolute Gasteiger partial charge is 0.407 e. The molecule has 4 amide bonds. The van der Waals surface area contributed by atoms with E-state index in [4.69, 9.17) is 28.3 Å². The van der Waals surface area contributed by atoms with Crippen LogP contribution in [0.15, 0.2) is 70.4 Å². The molecule has 0 unspecified atom stereocenters. The lowest BCUT2D eigenvalue weighted by molar-refractivity contribution is -0.144. The highest BCUT2D eigenvalue weighted by Gasteiger charge is 2.57. The van der Waals surface area contributed by atoms with Crippen molar-refractivity contribution < 1.29 is 37.5 Å². The van der Waals surface area contributed by atoms with Crippen LogP contribution in [0.25, 0.3) is 55.8 Å². The van der Waals surface area contributed by atoms with E-state index in [0.29, 0.717) is 65.0 Å². The van der Waals surface area contributed by atoms with Crippen molar-refractivity contribution >= 4 is 46.2 Å². The van der Waals surface area contributed by atoms with E-state index >= 15 is 0 Å². The molecule has 3 fully saturated rings. The van der Waals surface area contributed by atoms with E-state index in [-0.39, 0.29) is 29.6 Å². The Balaban J connectivity index is 0.950. The number of ether oxygens (including phenoxy) is 2. The minimum absolute atomic E-state index is 0.150. The van der Waals surface area contributed by atoms with Gasteiger partial charge in [-0.2, -0.15) is 0 Å². The van der Waals surface area contributed by atoms with Gasteiger partial charge in [-0.25, -0.2) is 29.5 Å². The van der Waals surface area contributed by atoms with E-state index in [9.17, 15) is 19.2 Å². The van der Waals surface area contributed by atoms with Gasteiger partial charge >= 0.3 is 12.2 Å². The van der Waals surface area contributed by atoms with Gasteiger partial charge in [-0.15, -0.1) is 0 Å². The largest absolute Gasteiger partial charge is 0.453 e. The van der Waals surface area contributed by atoms with E-state index in [1.165, 1.54) is 27.0 Å². The number of rotatable bonds is 11. The number of imidazole rings is 2. The molecule has 4 aromatic heterocycles. The van der Waals surface area contributed by atoms with Crippen molar-refractivity contribution in [3.8, 4) is 33.6 Å². The Bertz CT molecular complexity index is 2870. The van der Waals surface area contributed by atoms with Gasteiger partial charge in [0.15, 0.2) is 24.0 Å². The van der Waals surface area contributed by atoms with Gasteiger partial charge in [0.25, 0.3) is 0 Å². The van der Waals surface area contributed by atoms with Crippen LogP contribution in [0.3, 0.4) is 0 Å². The van der Waals surface area contributed by atoms with Crippen molar-refractivity contribution in [2.75, 3.05) is 27.3 Å². The zero-order valence-corrected chi connectivity index (χ0v) is 37.1. The van der Waals surface area contributed by atoms with E-state index in [0.717, 1.165) is 53.6 Å². The minimum Gasteiger partial charge on any atom is -0.453 e. The summed E-state index contributed by atoms with van der Waals surface area (Å²) in [6.07, 6.45) is 13.4. The van der Waals surface area contributed by atoms with Gasteiger partial charge in [-0.05, 0) is 67.9 Å². The average molecular weight is 885 g/mol. The number of amides is 4. The second kappa shape index (κ2) is 15.9. The molecule has 7 heterocycles. The summed E-state index contributed by atoms with van der Waals surface area (Å²) in [5.41, 5.74) is 5.33. The van der Waals surface area contributed by atoms with E-state index < -0.39 is 35.3 Å². The fourth-order valence-corrected chi connectivity index (χ4v) is 10.7. The molecule has 4 bridgehead atoms. The van der Waals surface area contributed by atoms with Crippen molar-refractivity contribution in [1.29, 1.82) is 0 Å². The van der Waals surface area contributed by atoms with Gasteiger partial charge < -0.3 is 48.7 Å².